The van der Waals surface area contributed by atoms with Crippen LogP contribution in [-0.4, -0.2) is 11.4 Å². The summed E-state index contributed by atoms with van der Waals surface area (Å²) in [6.45, 7) is 0. The minimum absolute atomic E-state index is 0. The van der Waals surface area contributed by atoms with Gasteiger partial charge in [0.2, 0.25) is 0 Å². The van der Waals surface area contributed by atoms with Gasteiger partial charge in [0, 0.05) is 0 Å². The Labute approximate surface area is 80.1 Å². The van der Waals surface area contributed by atoms with Gasteiger partial charge >= 0.3 is 0 Å². The van der Waals surface area contributed by atoms with E-state index >= 15 is 0 Å². The summed E-state index contributed by atoms with van der Waals surface area (Å²) in [4.78, 5) is 0. The van der Waals surface area contributed by atoms with E-state index in [2.05, 4.69) is 5.16 Å². The van der Waals surface area contributed by atoms with Gasteiger partial charge in [0.25, 0.3) is 0 Å². The van der Waals surface area contributed by atoms with Crippen LogP contribution in [0.2, 0.25) is 5.02 Å². The molecule has 0 heterocycles. The summed E-state index contributed by atoms with van der Waals surface area (Å²) in [5.74, 6) is -0.524. The first-order chi connectivity index (χ1) is 5.24. The van der Waals surface area contributed by atoms with E-state index in [0.29, 0.717) is 5.56 Å². The molecule has 0 aliphatic carbocycles. The number of halogens is 3. The molecule has 1 aromatic rings. The smallest absolute Gasteiger partial charge is 0.142 e. The SMILES string of the molecule is Cl.ON=Cc1ccc(Cl)c(F)c1. The van der Waals surface area contributed by atoms with Gasteiger partial charge in [-0.05, 0) is 17.7 Å². The predicted octanol–water partition coefficient (Wildman–Crippen LogP) is 2.71. The van der Waals surface area contributed by atoms with Crippen molar-refractivity contribution in [3.8, 4) is 0 Å². The lowest BCUT2D eigenvalue weighted by atomic mass is 10.2. The van der Waals surface area contributed by atoms with Crippen LogP contribution in [0.1, 0.15) is 5.56 Å². The maximum atomic E-state index is 12.6. The first-order valence-corrected chi connectivity index (χ1v) is 3.24. The third-order valence-corrected chi connectivity index (χ3v) is 1.46. The van der Waals surface area contributed by atoms with Crippen molar-refractivity contribution in [2.45, 2.75) is 0 Å². The zero-order chi connectivity index (χ0) is 8.27. The fourth-order valence-corrected chi connectivity index (χ4v) is 0.777. The Balaban J connectivity index is 0.00000121. The first kappa shape index (κ1) is 11.2. The van der Waals surface area contributed by atoms with Crippen molar-refractivity contribution in [1.82, 2.24) is 0 Å². The third-order valence-electron chi connectivity index (χ3n) is 1.15. The Bertz CT molecular complexity index is 291. The average Bonchev–Trinajstić information content (AvgIpc) is 1.98. The van der Waals surface area contributed by atoms with Gasteiger partial charge in [-0.3, -0.25) is 0 Å². The second-order valence-electron chi connectivity index (χ2n) is 1.92. The Morgan fingerprint density at radius 2 is 2.17 bits per heavy atom. The van der Waals surface area contributed by atoms with E-state index in [1.54, 1.807) is 6.07 Å². The van der Waals surface area contributed by atoms with Gasteiger partial charge in [0.05, 0.1) is 11.2 Å². The molecular weight excluding hydrogens is 204 g/mol. The van der Waals surface area contributed by atoms with Crippen molar-refractivity contribution < 1.29 is 9.60 Å². The van der Waals surface area contributed by atoms with Crippen LogP contribution >= 0.6 is 24.0 Å². The van der Waals surface area contributed by atoms with Crippen LogP contribution < -0.4 is 0 Å². The second kappa shape index (κ2) is 4.95. The molecule has 0 amide bonds. The van der Waals surface area contributed by atoms with Crippen molar-refractivity contribution in [3.63, 3.8) is 0 Å². The second-order valence-corrected chi connectivity index (χ2v) is 2.33. The lowest BCUT2D eigenvalue weighted by molar-refractivity contribution is 0.322. The van der Waals surface area contributed by atoms with Crippen LogP contribution in [0.25, 0.3) is 0 Å². The highest BCUT2D eigenvalue weighted by Gasteiger charge is 1.98. The molecule has 0 saturated carbocycles. The summed E-state index contributed by atoms with van der Waals surface area (Å²) in [5, 5.41) is 10.9. The Kier molecular flexibility index (Phi) is 4.62. The molecule has 66 valence electrons. The molecule has 0 aliphatic rings. The molecule has 2 nitrogen and oxygen atoms in total. The molecule has 12 heavy (non-hydrogen) atoms. The lowest BCUT2D eigenvalue weighted by Gasteiger charge is -1.93. The number of hydrogen-bond donors (Lipinski definition) is 1. The Morgan fingerprint density at radius 3 is 2.67 bits per heavy atom. The molecule has 0 radical (unpaired) electrons. The number of nitrogens with zero attached hydrogens (tertiary/aromatic N) is 1. The molecule has 5 heteroatoms. The molecule has 0 spiro atoms. The molecular formula is C7H6Cl2FNO. The third kappa shape index (κ3) is 2.68. The van der Waals surface area contributed by atoms with Gasteiger partial charge < -0.3 is 5.21 Å². The predicted molar refractivity (Wildman–Crippen MR) is 48.0 cm³/mol. The molecule has 0 fully saturated rings. The van der Waals surface area contributed by atoms with Crippen LogP contribution in [0.4, 0.5) is 4.39 Å². The van der Waals surface area contributed by atoms with Crippen molar-refractivity contribution in [3.05, 3.63) is 34.6 Å². The highest BCUT2D eigenvalue weighted by atomic mass is 35.5. The maximum Gasteiger partial charge on any atom is 0.142 e. The Morgan fingerprint density at radius 1 is 1.50 bits per heavy atom. The van der Waals surface area contributed by atoms with Crippen molar-refractivity contribution in [2.24, 2.45) is 5.16 Å². The van der Waals surface area contributed by atoms with Crippen molar-refractivity contribution in [2.75, 3.05) is 0 Å². The van der Waals surface area contributed by atoms with Gasteiger partial charge in [-0.15, -0.1) is 12.4 Å². The Hall–Kier alpha value is -0.800. The van der Waals surface area contributed by atoms with Crippen molar-refractivity contribution in [1.29, 1.82) is 0 Å². The summed E-state index contributed by atoms with van der Waals surface area (Å²) in [6.07, 6.45) is 1.12. The van der Waals surface area contributed by atoms with Crippen LogP contribution in [0, 0.1) is 5.82 Å². The molecule has 0 saturated heterocycles. The number of benzene rings is 1. The minimum Gasteiger partial charge on any atom is -0.411 e. The molecule has 0 unspecified atom stereocenters. The fraction of sp³-hybridized carbons (Fsp3) is 0. The van der Waals surface area contributed by atoms with Crippen LogP contribution in [0.5, 0.6) is 0 Å². The van der Waals surface area contributed by atoms with E-state index in [4.69, 9.17) is 16.8 Å². The van der Waals surface area contributed by atoms with Gasteiger partial charge in [-0.1, -0.05) is 22.8 Å². The topological polar surface area (TPSA) is 32.6 Å². The van der Waals surface area contributed by atoms with Gasteiger partial charge in [0.1, 0.15) is 5.82 Å². The van der Waals surface area contributed by atoms with Gasteiger partial charge in [0.15, 0.2) is 0 Å². The van der Waals surface area contributed by atoms with Crippen LogP contribution in [0.15, 0.2) is 23.4 Å². The standard InChI is InChI=1S/C7H5ClFNO.ClH/c8-6-2-1-5(4-10-11)3-7(6)9;/h1-4,11H;1H. The van der Waals surface area contributed by atoms with E-state index in [1.807, 2.05) is 0 Å². The number of hydrogen-bond acceptors (Lipinski definition) is 2. The lowest BCUT2D eigenvalue weighted by Crippen LogP contribution is -1.83. The summed E-state index contributed by atoms with van der Waals surface area (Å²) in [5.41, 5.74) is 0.467. The fourth-order valence-electron chi connectivity index (χ4n) is 0.659. The molecule has 0 bridgehead atoms. The summed E-state index contributed by atoms with van der Waals surface area (Å²) in [6, 6.07) is 4.13. The largest absolute Gasteiger partial charge is 0.411 e. The van der Waals surface area contributed by atoms with Crippen LogP contribution in [0.3, 0.4) is 0 Å². The van der Waals surface area contributed by atoms with E-state index in [-0.39, 0.29) is 17.4 Å². The van der Waals surface area contributed by atoms with Gasteiger partial charge in [-0.25, -0.2) is 4.39 Å². The molecule has 1 aromatic carbocycles. The first-order valence-electron chi connectivity index (χ1n) is 2.86. The normalized spacial score (nSPS) is 9.83. The van der Waals surface area contributed by atoms with E-state index < -0.39 is 5.82 Å². The highest BCUT2D eigenvalue weighted by Crippen LogP contribution is 2.14. The number of oxime groups is 1. The monoisotopic (exact) mass is 209 g/mol. The zero-order valence-corrected chi connectivity index (χ0v) is 7.44. The maximum absolute atomic E-state index is 12.6. The molecule has 0 aromatic heterocycles. The summed E-state index contributed by atoms with van der Waals surface area (Å²) in [7, 11) is 0. The molecule has 0 aliphatic heterocycles. The molecule has 0 atom stereocenters. The van der Waals surface area contributed by atoms with Crippen molar-refractivity contribution >= 4 is 30.2 Å². The summed E-state index contributed by atoms with van der Waals surface area (Å²) < 4.78 is 12.6. The van der Waals surface area contributed by atoms with Crippen LogP contribution in [-0.2, 0) is 0 Å². The van der Waals surface area contributed by atoms with Gasteiger partial charge in [-0.2, -0.15) is 0 Å². The van der Waals surface area contributed by atoms with E-state index in [0.717, 1.165) is 6.21 Å². The molecule has 1 rings (SSSR count). The van der Waals surface area contributed by atoms with E-state index in [9.17, 15) is 4.39 Å². The molecule has 1 N–H and O–H groups in total. The summed E-state index contributed by atoms with van der Waals surface area (Å²) >= 11 is 5.40. The minimum atomic E-state index is -0.524. The highest BCUT2D eigenvalue weighted by molar-refractivity contribution is 6.30. The number of rotatable bonds is 1. The quantitative estimate of drug-likeness (QED) is 0.431. The van der Waals surface area contributed by atoms with E-state index in [1.165, 1.54) is 12.1 Å². The zero-order valence-electron chi connectivity index (χ0n) is 5.87. The average molecular weight is 210 g/mol.